The molecule has 1 aliphatic rings. The minimum absolute atomic E-state index is 0.176. The van der Waals surface area contributed by atoms with Gasteiger partial charge < -0.3 is 10.6 Å². The predicted molar refractivity (Wildman–Crippen MR) is 64.7 cm³/mol. The third kappa shape index (κ3) is 2.46. The Labute approximate surface area is 94.8 Å². The third-order valence-corrected chi connectivity index (χ3v) is 2.65. The average molecular weight is 217 g/mol. The highest BCUT2D eigenvalue weighted by atomic mass is 16.1. The number of nitrogens with two attached hydrogens (primary N) is 1. The minimum Gasteiger partial charge on any atom is -0.399 e. The maximum atomic E-state index is 11.8. The average Bonchev–Trinajstić information content (AvgIpc) is 2.65. The third-order valence-electron chi connectivity index (χ3n) is 2.65. The van der Waals surface area contributed by atoms with Crippen molar-refractivity contribution < 1.29 is 4.79 Å². The van der Waals surface area contributed by atoms with Gasteiger partial charge in [-0.15, -0.1) is 0 Å². The first kappa shape index (κ1) is 10.8. The van der Waals surface area contributed by atoms with Crippen molar-refractivity contribution in [3.8, 4) is 0 Å². The van der Waals surface area contributed by atoms with Crippen LogP contribution in [0.5, 0.6) is 0 Å². The zero-order chi connectivity index (χ0) is 11.5. The van der Waals surface area contributed by atoms with Crippen LogP contribution in [0.2, 0.25) is 0 Å². The van der Waals surface area contributed by atoms with Gasteiger partial charge >= 0.3 is 0 Å². The molecule has 1 saturated heterocycles. The lowest BCUT2D eigenvalue weighted by Crippen LogP contribution is -2.14. The highest BCUT2D eigenvalue weighted by Crippen LogP contribution is 2.09. The molecule has 0 radical (unpaired) electrons. The summed E-state index contributed by atoms with van der Waals surface area (Å²) in [5.74, 6) is -0.176. The summed E-state index contributed by atoms with van der Waals surface area (Å²) in [6.45, 7) is 1.77. The second-order valence-corrected chi connectivity index (χ2v) is 4.09. The van der Waals surface area contributed by atoms with Gasteiger partial charge in [0.25, 0.3) is 5.91 Å². The highest BCUT2D eigenvalue weighted by molar-refractivity contribution is 6.05. The van der Waals surface area contributed by atoms with Crippen molar-refractivity contribution in [1.29, 1.82) is 0 Å². The molecule has 0 spiro atoms. The Morgan fingerprint density at radius 2 is 2.06 bits per heavy atom. The van der Waals surface area contributed by atoms with Crippen molar-refractivity contribution in [3.05, 3.63) is 29.8 Å². The monoisotopic (exact) mass is 217 g/mol. The number of nitrogens with zero attached hydrogens (tertiary/aromatic N) is 2. The fourth-order valence-electron chi connectivity index (χ4n) is 1.71. The van der Waals surface area contributed by atoms with E-state index in [0.29, 0.717) is 11.3 Å². The van der Waals surface area contributed by atoms with Crippen molar-refractivity contribution in [1.82, 2.24) is 4.90 Å². The number of rotatable bonds is 1. The molecule has 4 heteroatoms. The molecule has 0 aromatic heterocycles. The molecule has 0 saturated carbocycles. The number of carbonyl (C=O) groups excluding carboxylic acids is 1. The summed E-state index contributed by atoms with van der Waals surface area (Å²) in [6.07, 6.45) is 0.886. The number of carbonyl (C=O) groups is 1. The van der Waals surface area contributed by atoms with E-state index in [1.54, 1.807) is 24.3 Å². The van der Waals surface area contributed by atoms with Crippen molar-refractivity contribution >= 4 is 17.3 Å². The van der Waals surface area contributed by atoms with Crippen LogP contribution in [0.15, 0.2) is 29.3 Å². The van der Waals surface area contributed by atoms with Crippen LogP contribution >= 0.6 is 0 Å². The van der Waals surface area contributed by atoms with Crippen molar-refractivity contribution in [3.63, 3.8) is 0 Å². The van der Waals surface area contributed by atoms with Gasteiger partial charge in [-0.25, -0.2) is 4.99 Å². The zero-order valence-electron chi connectivity index (χ0n) is 9.31. The van der Waals surface area contributed by atoms with Gasteiger partial charge in [0.2, 0.25) is 0 Å². The fraction of sp³-hybridized carbons (Fsp3) is 0.333. The van der Waals surface area contributed by atoms with Crippen LogP contribution in [0, 0.1) is 0 Å². The van der Waals surface area contributed by atoms with Crippen LogP contribution in [0.3, 0.4) is 0 Å². The van der Waals surface area contributed by atoms with Crippen molar-refractivity contribution in [2.75, 3.05) is 25.9 Å². The Hall–Kier alpha value is -1.68. The molecule has 1 aromatic rings. The quantitative estimate of drug-likeness (QED) is 0.719. The van der Waals surface area contributed by atoms with Gasteiger partial charge in [-0.1, -0.05) is 0 Å². The summed E-state index contributed by atoms with van der Waals surface area (Å²) < 4.78 is 0. The molecule has 84 valence electrons. The SMILES string of the molecule is CN1CC/C(=N/C(=O)c2ccc(N)cc2)C1. The van der Waals surface area contributed by atoms with Gasteiger partial charge in [0.05, 0.1) is 0 Å². The van der Waals surface area contributed by atoms with Gasteiger partial charge in [0.15, 0.2) is 0 Å². The van der Waals surface area contributed by atoms with E-state index in [-0.39, 0.29) is 5.91 Å². The van der Waals surface area contributed by atoms with E-state index >= 15 is 0 Å². The molecule has 1 amide bonds. The largest absolute Gasteiger partial charge is 0.399 e. The van der Waals surface area contributed by atoms with Crippen LogP contribution < -0.4 is 5.73 Å². The number of benzene rings is 1. The number of anilines is 1. The highest BCUT2D eigenvalue weighted by Gasteiger charge is 2.15. The molecule has 2 rings (SSSR count). The van der Waals surface area contributed by atoms with Gasteiger partial charge in [-0.05, 0) is 37.7 Å². The van der Waals surface area contributed by atoms with E-state index in [9.17, 15) is 4.79 Å². The smallest absolute Gasteiger partial charge is 0.276 e. The van der Waals surface area contributed by atoms with E-state index in [2.05, 4.69) is 9.89 Å². The Kier molecular flexibility index (Phi) is 3.01. The number of aliphatic imine (C=N–C) groups is 1. The molecule has 1 aromatic carbocycles. The molecule has 0 aliphatic carbocycles. The first-order valence-corrected chi connectivity index (χ1v) is 5.30. The molecule has 2 N–H and O–H groups in total. The van der Waals surface area contributed by atoms with E-state index < -0.39 is 0 Å². The van der Waals surface area contributed by atoms with Crippen LogP contribution in [0.25, 0.3) is 0 Å². The molecular formula is C12H15N3O. The van der Waals surface area contributed by atoms with Gasteiger partial charge in [-0.3, -0.25) is 4.79 Å². The van der Waals surface area contributed by atoms with Crippen LogP contribution in [-0.4, -0.2) is 36.7 Å². The molecule has 16 heavy (non-hydrogen) atoms. The summed E-state index contributed by atoms with van der Waals surface area (Å²) in [7, 11) is 2.02. The standard InChI is InChI=1S/C12H15N3O/c1-15-7-6-11(8-15)14-12(16)9-2-4-10(13)5-3-9/h2-5H,6-8,13H2,1H3/b14-11-. The fourth-order valence-corrected chi connectivity index (χ4v) is 1.71. The summed E-state index contributed by atoms with van der Waals surface area (Å²) in [4.78, 5) is 18.0. The number of nitrogen functional groups attached to an aromatic ring is 1. The number of hydrogen-bond donors (Lipinski definition) is 1. The van der Waals surface area contributed by atoms with Gasteiger partial charge in [0.1, 0.15) is 0 Å². The van der Waals surface area contributed by atoms with E-state index in [1.165, 1.54) is 0 Å². The van der Waals surface area contributed by atoms with E-state index in [1.807, 2.05) is 7.05 Å². The zero-order valence-corrected chi connectivity index (χ0v) is 9.31. The summed E-state index contributed by atoms with van der Waals surface area (Å²) in [5.41, 5.74) is 7.77. The number of likely N-dealkylation sites (tertiary alicyclic amines) is 1. The molecule has 0 bridgehead atoms. The van der Waals surface area contributed by atoms with E-state index in [4.69, 9.17) is 5.73 Å². The summed E-state index contributed by atoms with van der Waals surface area (Å²) >= 11 is 0. The number of amides is 1. The summed E-state index contributed by atoms with van der Waals surface area (Å²) in [5, 5.41) is 0. The van der Waals surface area contributed by atoms with Gasteiger partial charge in [0, 0.05) is 30.1 Å². The second kappa shape index (κ2) is 4.45. The molecule has 0 unspecified atom stereocenters. The lowest BCUT2D eigenvalue weighted by Gasteiger charge is -2.02. The molecule has 1 aliphatic heterocycles. The maximum Gasteiger partial charge on any atom is 0.276 e. The van der Waals surface area contributed by atoms with Crippen molar-refractivity contribution in [2.24, 2.45) is 4.99 Å². The van der Waals surface area contributed by atoms with Gasteiger partial charge in [-0.2, -0.15) is 0 Å². The molecule has 1 fully saturated rings. The normalized spacial score (nSPS) is 19.2. The predicted octanol–water partition coefficient (Wildman–Crippen LogP) is 1.19. The first-order valence-electron chi connectivity index (χ1n) is 5.30. The van der Waals surface area contributed by atoms with Crippen LogP contribution in [0.4, 0.5) is 5.69 Å². The minimum atomic E-state index is -0.176. The molecule has 4 nitrogen and oxygen atoms in total. The number of hydrogen-bond acceptors (Lipinski definition) is 3. The first-order chi connectivity index (χ1) is 7.65. The Morgan fingerprint density at radius 3 is 2.62 bits per heavy atom. The maximum absolute atomic E-state index is 11.8. The topological polar surface area (TPSA) is 58.7 Å². The molecule has 1 heterocycles. The Balaban J connectivity index is 2.11. The molecular weight excluding hydrogens is 202 g/mol. The molecule has 0 atom stereocenters. The Morgan fingerprint density at radius 1 is 1.38 bits per heavy atom. The lowest BCUT2D eigenvalue weighted by molar-refractivity contribution is 0.100. The second-order valence-electron chi connectivity index (χ2n) is 4.09. The van der Waals surface area contributed by atoms with Crippen molar-refractivity contribution in [2.45, 2.75) is 6.42 Å². The lowest BCUT2D eigenvalue weighted by atomic mass is 10.2. The van der Waals surface area contributed by atoms with Crippen LogP contribution in [-0.2, 0) is 0 Å². The summed E-state index contributed by atoms with van der Waals surface area (Å²) in [6, 6.07) is 6.85. The van der Waals surface area contributed by atoms with Crippen LogP contribution in [0.1, 0.15) is 16.8 Å². The van der Waals surface area contributed by atoms with E-state index in [0.717, 1.165) is 25.2 Å². The Bertz CT molecular complexity index is 422.